The van der Waals surface area contributed by atoms with Crippen molar-refractivity contribution in [2.24, 2.45) is 23.7 Å². The molecule has 90 heavy (non-hydrogen) atoms. The Morgan fingerprint density at radius 3 is 1.28 bits per heavy atom. The van der Waals surface area contributed by atoms with Gasteiger partial charge in [-0.25, -0.2) is 19.2 Å². The molecular formula is C68H66O20S2. The van der Waals surface area contributed by atoms with Gasteiger partial charge in [-0.1, -0.05) is 98.4 Å². The number of rotatable bonds is 24. The molecule has 4 aliphatic rings. The molecule has 3 aliphatic carbocycles. The molecule has 0 spiro atoms. The second-order valence-electron chi connectivity index (χ2n) is 20.4. The van der Waals surface area contributed by atoms with E-state index in [4.69, 9.17) is 47.4 Å². The zero-order valence-corrected chi connectivity index (χ0v) is 51.1. The largest absolute Gasteiger partial charge is 0.497 e. The van der Waals surface area contributed by atoms with Gasteiger partial charge in [0.2, 0.25) is 0 Å². The molecule has 1 heterocycles. The van der Waals surface area contributed by atoms with Gasteiger partial charge in [0.25, 0.3) is 0 Å². The predicted octanol–water partition coefficient (Wildman–Crippen LogP) is 11.0. The van der Waals surface area contributed by atoms with Gasteiger partial charge >= 0.3 is 35.8 Å². The maximum atomic E-state index is 13.3. The van der Waals surface area contributed by atoms with E-state index in [1.807, 2.05) is 24.3 Å². The first-order chi connectivity index (χ1) is 43.5. The van der Waals surface area contributed by atoms with Crippen LogP contribution in [0.3, 0.4) is 0 Å². The van der Waals surface area contributed by atoms with E-state index < -0.39 is 36.1 Å². The summed E-state index contributed by atoms with van der Waals surface area (Å²) in [7, 11) is 3.14. The van der Waals surface area contributed by atoms with Crippen molar-refractivity contribution in [2.45, 2.75) is 73.4 Å². The van der Waals surface area contributed by atoms with Crippen LogP contribution in [0.5, 0.6) is 34.5 Å². The molecule has 9 rings (SSSR count). The van der Waals surface area contributed by atoms with Crippen LogP contribution in [0.1, 0.15) is 72.1 Å². The summed E-state index contributed by atoms with van der Waals surface area (Å²) < 4.78 is 53.9. The van der Waals surface area contributed by atoms with Gasteiger partial charge in [-0.3, -0.25) is 19.2 Å². The van der Waals surface area contributed by atoms with Gasteiger partial charge in [0.15, 0.2) is 29.5 Å². The van der Waals surface area contributed by atoms with Crippen LogP contribution in [-0.2, 0) is 57.3 Å². The van der Waals surface area contributed by atoms with Gasteiger partial charge in [0, 0.05) is 58.0 Å². The van der Waals surface area contributed by atoms with E-state index in [2.05, 4.69) is 26.3 Å². The number of fused-ring (bicyclic) bond motifs is 3. The maximum absolute atomic E-state index is 13.3. The first kappa shape index (κ1) is 68.0. The maximum Gasteiger partial charge on any atom is 0.330 e. The molecule has 0 aromatic heterocycles. The summed E-state index contributed by atoms with van der Waals surface area (Å²) in [5, 5.41) is 1.50. The highest BCUT2D eigenvalue weighted by molar-refractivity contribution is 8.25. The van der Waals surface area contributed by atoms with Crippen molar-refractivity contribution < 1.29 is 95.3 Å². The van der Waals surface area contributed by atoms with Gasteiger partial charge < -0.3 is 57.0 Å². The number of allylic oxidation sites excluding steroid dienone is 1. The van der Waals surface area contributed by atoms with E-state index in [1.165, 1.54) is 23.5 Å². The highest BCUT2D eigenvalue weighted by atomic mass is 32.2. The lowest BCUT2D eigenvalue weighted by molar-refractivity contribution is -0.154. The van der Waals surface area contributed by atoms with Crippen LogP contribution in [0, 0.1) is 23.7 Å². The molecule has 0 saturated heterocycles. The fourth-order valence-electron chi connectivity index (χ4n) is 9.71. The number of methoxy groups -OCH3 is 2. The summed E-state index contributed by atoms with van der Waals surface area (Å²) in [5.41, 5.74) is 0.951. The fraction of sp³-hybridized carbons (Fsp3) is 0.294. The fourth-order valence-corrected chi connectivity index (χ4v) is 12.5. The van der Waals surface area contributed by atoms with Crippen molar-refractivity contribution in [3.8, 4) is 34.5 Å². The molecular weight excluding hydrogens is 1200 g/mol. The van der Waals surface area contributed by atoms with E-state index >= 15 is 0 Å². The van der Waals surface area contributed by atoms with Crippen molar-refractivity contribution >= 4 is 94.3 Å². The highest BCUT2D eigenvalue weighted by Crippen LogP contribution is 2.62. The molecule has 20 nitrogen and oxygen atoms in total. The van der Waals surface area contributed by atoms with E-state index in [1.54, 1.807) is 87.0 Å². The second-order valence-corrected chi connectivity index (χ2v) is 22.7. The van der Waals surface area contributed by atoms with Crippen LogP contribution < -0.4 is 28.4 Å². The number of Topliss-reactive ketones (excluding diaryl/α,β-unsaturated/α-hetero) is 2. The van der Waals surface area contributed by atoms with Gasteiger partial charge in [0.1, 0.15) is 67.7 Å². The molecule has 22 heteroatoms. The molecule has 2 fully saturated rings. The van der Waals surface area contributed by atoms with Crippen LogP contribution in [0.15, 0.2) is 167 Å². The Bertz CT molecular complexity index is 3500. The Balaban J connectivity index is 0.000000199. The summed E-state index contributed by atoms with van der Waals surface area (Å²) in [6.07, 6.45) is 9.64. The molecule has 1 aliphatic heterocycles. The first-order valence-corrected chi connectivity index (χ1v) is 30.2. The zero-order chi connectivity index (χ0) is 64.7. The minimum absolute atomic E-state index is 0.00172. The summed E-state index contributed by atoms with van der Waals surface area (Å²) >= 11 is 2.58. The van der Waals surface area contributed by atoms with E-state index in [-0.39, 0.29) is 79.2 Å². The minimum atomic E-state index is -0.839. The highest BCUT2D eigenvalue weighted by Gasteiger charge is 2.41. The molecule has 2 saturated carbocycles. The molecule has 5 aromatic carbocycles. The lowest BCUT2D eigenvalue weighted by Crippen LogP contribution is -2.30. The number of carbonyl (C=O) groups excluding carboxylic acids is 10. The summed E-state index contributed by atoms with van der Waals surface area (Å²) in [4.78, 5) is 120. The molecule has 0 N–H and O–H groups in total. The van der Waals surface area contributed by atoms with E-state index in [9.17, 15) is 47.9 Å². The van der Waals surface area contributed by atoms with Crippen LogP contribution in [0.25, 0.3) is 10.8 Å². The number of ether oxygens (including phenoxy) is 10. The van der Waals surface area contributed by atoms with E-state index in [0.717, 1.165) is 52.5 Å². The molecule has 0 amide bonds. The van der Waals surface area contributed by atoms with Gasteiger partial charge in [0.05, 0.1) is 45.7 Å². The Kier molecular flexibility index (Phi) is 25.5. The second kappa shape index (κ2) is 33.7. The number of esters is 6. The van der Waals surface area contributed by atoms with Gasteiger partial charge in [-0.05, 0) is 99.9 Å². The standard InChI is InChI=1S/C29H22O6S2.C23H26O8.C16H18O6/c1-34-24-19-8-4-5-9-20(19)25(35-28(33)16-12-10-15(14-30)11-13-16)27-26(24)36-29(37-27)21-22(31)17-6-2-3-7-18(17)23(21)32;1-3-21(25)29-15-20(30-22(26)4-2)14-28-18-9-11-19(12-10-18)31-23(27)17-7-5-16(13-24)6-8-17;1-4-15(17)21-11-14(22-16(18)5-2)10-20-13-8-6-12(19-3)7-9-13/h2-9,14-16H,10-13H2,1H3;3-4,9-13,16-17,20H,1-2,5-8,14-15H2;4-9,14H,1-2,10-11H2,3H3. The molecule has 470 valence electrons. The van der Waals surface area contributed by atoms with Crippen molar-refractivity contribution in [3.05, 3.63) is 169 Å². The number of hydrogen-bond donors (Lipinski definition) is 0. The molecule has 0 radical (unpaired) electrons. The van der Waals surface area contributed by atoms with Crippen LogP contribution in [-0.4, -0.2) is 113 Å². The number of thioether (sulfide) groups is 2. The summed E-state index contributed by atoms with van der Waals surface area (Å²) in [6.45, 7) is 12.8. The van der Waals surface area contributed by atoms with Crippen molar-refractivity contribution in [1.82, 2.24) is 0 Å². The molecule has 2 atom stereocenters. The van der Waals surface area contributed by atoms with Crippen molar-refractivity contribution in [2.75, 3.05) is 40.6 Å². The monoisotopic (exact) mass is 1270 g/mol. The summed E-state index contributed by atoms with van der Waals surface area (Å²) in [5.74, 6) is -1.11. The third kappa shape index (κ3) is 18.3. The Hall–Kier alpha value is -9.54. The lowest BCUT2D eigenvalue weighted by atomic mass is 9.83. The number of carbonyl (C=O) groups is 10. The number of hydrogen-bond acceptors (Lipinski definition) is 22. The number of ketones is 2. The smallest absolute Gasteiger partial charge is 0.330 e. The minimum Gasteiger partial charge on any atom is -0.497 e. The SMILES string of the molecule is C=CC(=O)OCC(COc1ccc(OC(=O)C2CCC(C=O)CC2)cc1)OC(=O)C=C.C=CC(=O)OCC(COc1ccc(OC)cc1)OC(=O)C=C.COc1c2c(c(OC(=O)C3CCC(C=O)CC3)c3ccccc13)SC(=C1C(=O)c3ccccc3C1=O)S2. The average molecular weight is 1270 g/mol. The molecule has 5 aromatic rings. The third-order valence-electron chi connectivity index (χ3n) is 14.5. The lowest BCUT2D eigenvalue weighted by Gasteiger charge is -2.24. The quantitative estimate of drug-likeness (QED) is 0.0139. The zero-order valence-electron chi connectivity index (χ0n) is 49.5. The molecule has 0 bridgehead atoms. The first-order valence-electron chi connectivity index (χ1n) is 28.5. The normalized spacial score (nSPS) is 17.6. The molecule has 2 unspecified atom stereocenters. The van der Waals surface area contributed by atoms with Crippen LogP contribution in [0.4, 0.5) is 0 Å². The average Bonchev–Trinajstić information content (AvgIpc) is 1.54. The Morgan fingerprint density at radius 1 is 0.478 bits per heavy atom. The number of aldehydes is 2. The third-order valence-corrected chi connectivity index (χ3v) is 17.1. The Labute approximate surface area is 527 Å². The van der Waals surface area contributed by atoms with Gasteiger partial charge in [-0.15, -0.1) is 0 Å². The van der Waals surface area contributed by atoms with Crippen molar-refractivity contribution in [3.63, 3.8) is 0 Å². The summed E-state index contributed by atoms with van der Waals surface area (Å²) in [6, 6.07) is 27.6. The number of benzene rings is 5. The van der Waals surface area contributed by atoms with Crippen LogP contribution >= 0.6 is 23.5 Å². The Morgan fingerprint density at radius 2 is 0.867 bits per heavy atom. The topological polar surface area (TPSA) is 263 Å². The van der Waals surface area contributed by atoms with Crippen LogP contribution in [0.2, 0.25) is 0 Å². The van der Waals surface area contributed by atoms with Crippen molar-refractivity contribution in [1.29, 1.82) is 0 Å². The van der Waals surface area contributed by atoms with E-state index in [0.29, 0.717) is 106 Å². The predicted molar refractivity (Wildman–Crippen MR) is 332 cm³/mol. The van der Waals surface area contributed by atoms with Gasteiger partial charge in [-0.2, -0.15) is 0 Å².